The Bertz CT molecular complexity index is 930. The van der Waals surface area contributed by atoms with Gasteiger partial charge in [0.05, 0.1) is 27.7 Å². The summed E-state index contributed by atoms with van der Waals surface area (Å²) in [6, 6.07) is 1.26. The van der Waals surface area contributed by atoms with Crippen LogP contribution < -0.4 is 11.4 Å². The van der Waals surface area contributed by atoms with Crippen LogP contribution >= 0.6 is 15.6 Å². The van der Waals surface area contributed by atoms with E-state index < -0.39 is 52.5 Å². The van der Waals surface area contributed by atoms with Gasteiger partial charge in [0.25, 0.3) is 0 Å². The van der Waals surface area contributed by atoms with Crippen LogP contribution in [0.4, 0.5) is 5.82 Å². The molecule has 1 aliphatic heterocycles. The zero-order valence-electron chi connectivity index (χ0n) is 19.0. The molecule has 1 aliphatic rings. The molecule has 2 heterocycles. The molecular weight excluding hydrogens is 517 g/mol. The zero-order valence-corrected chi connectivity index (χ0v) is 22.8. The number of hydrogen-bond donors (Lipinski definition) is 5. The van der Waals surface area contributed by atoms with Crippen LogP contribution in [0.5, 0.6) is 0 Å². The van der Waals surface area contributed by atoms with Crippen LogP contribution in [0.2, 0.25) is 0 Å². The second-order valence-corrected chi connectivity index (χ2v) is 10.8. The predicted octanol–water partition coefficient (Wildman–Crippen LogP) is -3.63. The van der Waals surface area contributed by atoms with Crippen molar-refractivity contribution in [3.05, 3.63) is 22.7 Å². The minimum absolute atomic E-state index is 0. The number of nitrogen functional groups attached to an aromatic ring is 1. The summed E-state index contributed by atoms with van der Waals surface area (Å²) in [6.07, 6.45) is -4.82. The summed E-state index contributed by atoms with van der Waals surface area (Å²) in [5, 5.41) is 20.2. The Morgan fingerprint density at radius 2 is 1.71 bits per heavy atom. The molecule has 17 nitrogen and oxygen atoms in total. The van der Waals surface area contributed by atoms with Crippen LogP contribution in [-0.4, -0.2) is 134 Å². The molecule has 0 spiro atoms. The number of rotatable bonds is 10. The van der Waals surface area contributed by atoms with Gasteiger partial charge >= 0.3 is 21.3 Å². The fourth-order valence-corrected chi connectivity index (χ4v) is 4.56. The van der Waals surface area contributed by atoms with Gasteiger partial charge in [-0.05, 0) is 6.07 Å². The number of nitrogens with zero attached hydrogens (tertiary/aromatic N) is 3. The summed E-state index contributed by atoms with van der Waals surface area (Å²) in [6.45, 7) is -0.746. The van der Waals surface area contributed by atoms with Gasteiger partial charge in [0.2, 0.25) is 0 Å². The van der Waals surface area contributed by atoms with Crippen molar-refractivity contribution in [3.8, 4) is 0 Å². The number of quaternary nitrogens is 1. The van der Waals surface area contributed by atoms with Crippen molar-refractivity contribution in [1.82, 2.24) is 9.55 Å². The van der Waals surface area contributed by atoms with Crippen LogP contribution in [0.3, 0.4) is 0 Å². The molecule has 1 radical (unpaired) electrons. The molecule has 2 rings (SSSR count). The van der Waals surface area contributed by atoms with Crippen LogP contribution in [0.25, 0.3) is 0 Å². The number of anilines is 1. The molecule has 34 heavy (non-hydrogen) atoms. The standard InChI is InChI=1S/C14H26N4O11P2.Na.2H2O/c1-18(2,3)6-7-26-30(22,23)29-31(24,25)27-8-9-11(19)12(20)13(28-9)17-5-4-10(15)16-14(17)21;;;/h4-5,9,11-13,19-20H,6-8H2,1-3H3,(H3-,15,16,21,22,23,24,25);;2*1H2/p+1/t9-,11-,12-,13-;;;/m1.../s1. The zero-order chi connectivity index (χ0) is 23.6. The molecule has 2 unspecified atom stereocenters. The molecule has 0 aliphatic carbocycles. The van der Waals surface area contributed by atoms with E-state index >= 15 is 0 Å². The molecule has 0 bridgehead atoms. The van der Waals surface area contributed by atoms with Crippen molar-refractivity contribution in [3.63, 3.8) is 0 Å². The van der Waals surface area contributed by atoms with Crippen molar-refractivity contribution in [1.29, 1.82) is 0 Å². The molecule has 10 N–H and O–H groups in total. The number of aliphatic hydroxyl groups is 2. The SMILES string of the molecule is C[N+](C)(C)CCOP(=O)(O)OP(=O)(O)OC[C@H]1O[C@@H](n2ccc(N)nc2=O)[C@H](O)[C@@H]1O.O.O.[Na]. The second kappa shape index (κ2) is 13.9. The third kappa shape index (κ3) is 10.8. The molecule has 1 aromatic heterocycles. The van der Waals surface area contributed by atoms with Gasteiger partial charge < -0.3 is 45.9 Å². The van der Waals surface area contributed by atoms with E-state index in [1.807, 2.05) is 0 Å². The summed E-state index contributed by atoms with van der Waals surface area (Å²) in [4.78, 5) is 34.7. The molecule has 0 saturated carbocycles. The van der Waals surface area contributed by atoms with Gasteiger partial charge in [0.1, 0.15) is 37.3 Å². The van der Waals surface area contributed by atoms with E-state index in [1.54, 1.807) is 21.1 Å². The minimum atomic E-state index is -5.11. The van der Waals surface area contributed by atoms with Crippen molar-refractivity contribution in [2.45, 2.75) is 24.5 Å². The average Bonchev–Trinajstić information content (AvgIpc) is 2.86. The van der Waals surface area contributed by atoms with Gasteiger partial charge in [0, 0.05) is 35.8 Å². The molecule has 1 aromatic rings. The number of nitrogens with two attached hydrogens (primary N) is 1. The quantitative estimate of drug-likeness (QED) is 0.107. The van der Waals surface area contributed by atoms with Crippen molar-refractivity contribution >= 4 is 51.0 Å². The average molecular weight is 548 g/mol. The Kier molecular flexibility index (Phi) is 14.6. The van der Waals surface area contributed by atoms with E-state index in [1.165, 1.54) is 12.3 Å². The maximum absolute atomic E-state index is 12.0. The van der Waals surface area contributed by atoms with Gasteiger partial charge in [-0.1, -0.05) is 0 Å². The Morgan fingerprint density at radius 1 is 1.15 bits per heavy atom. The molecular formula is C14H31N4NaO13P2+. The molecule has 1 fully saturated rings. The topological polar surface area (TPSA) is 276 Å². The summed E-state index contributed by atoms with van der Waals surface area (Å²) >= 11 is 0. The first-order chi connectivity index (χ1) is 14.1. The van der Waals surface area contributed by atoms with E-state index in [9.17, 15) is 33.9 Å². The van der Waals surface area contributed by atoms with Gasteiger partial charge in [-0.25, -0.2) is 13.9 Å². The molecule has 195 valence electrons. The van der Waals surface area contributed by atoms with Crippen LogP contribution in [0, 0.1) is 0 Å². The van der Waals surface area contributed by atoms with E-state index in [4.69, 9.17) is 10.5 Å². The van der Waals surface area contributed by atoms with Crippen molar-refractivity contribution in [2.75, 3.05) is 46.6 Å². The molecule has 1 saturated heterocycles. The van der Waals surface area contributed by atoms with E-state index in [0.717, 1.165) is 4.57 Å². The Balaban J connectivity index is 0. The van der Waals surface area contributed by atoms with Gasteiger partial charge in [-0.3, -0.25) is 13.6 Å². The predicted molar refractivity (Wildman–Crippen MR) is 117 cm³/mol. The summed E-state index contributed by atoms with van der Waals surface area (Å²) in [5.41, 5.74) is 4.53. The van der Waals surface area contributed by atoms with Gasteiger partial charge in [-0.15, -0.1) is 0 Å². The Labute approximate surface area is 216 Å². The third-order valence-electron chi connectivity index (χ3n) is 4.09. The van der Waals surface area contributed by atoms with Crippen LogP contribution in [0.15, 0.2) is 17.1 Å². The van der Waals surface area contributed by atoms with Gasteiger partial charge in [0.15, 0.2) is 6.23 Å². The largest absolute Gasteiger partial charge is 0.481 e. The first kappa shape index (κ1) is 35.9. The number of ether oxygens (including phenoxy) is 1. The minimum Gasteiger partial charge on any atom is -0.412 e. The summed E-state index contributed by atoms with van der Waals surface area (Å²) in [5.74, 6) is -0.0652. The molecule has 0 amide bonds. The summed E-state index contributed by atoms with van der Waals surface area (Å²) < 4.78 is 43.9. The number of likely N-dealkylation sites (N-methyl/N-ethyl adjacent to an activating group) is 1. The number of aliphatic hydroxyl groups excluding tert-OH is 2. The van der Waals surface area contributed by atoms with Gasteiger partial charge in [-0.2, -0.15) is 9.29 Å². The first-order valence-electron chi connectivity index (χ1n) is 8.93. The number of aromatic nitrogens is 2. The van der Waals surface area contributed by atoms with Crippen LogP contribution in [-0.2, 0) is 27.2 Å². The molecule has 0 aromatic carbocycles. The summed E-state index contributed by atoms with van der Waals surface area (Å²) in [7, 11) is -4.64. The van der Waals surface area contributed by atoms with Crippen LogP contribution in [0.1, 0.15) is 6.23 Å². The maximum Gasteiger partial charge on any atom is 0.481 e. The number of hydrogen-bond acceptors (Lipinski definition) is 11. The monoisotopic (exact) mass is 548 g/mol. The number of phosphoric acid groups is 2. The Morgan fingerprint density at radius 3 is 2.24 bits per heavy atom. The van der Waals surface area contributed by atoms with Crippen molar-refractivity contribution in [2.24, 2.45) is 0 Å². The molecule has 20 heteroatoms. The smallest absolute Gasteiger partial charge is 0.412 e. The van der Waals surface area contributed by atoms with E-state index in [-0.39, 0.29) is 52.9 Å². The van der Waals surface area contributed by atoms with E-state index in [2.05, 4.69) is 18.3 Å². The maximum atomic E-state index is 12.0. The fraction of sp³-hybridized carbons (Fsp3) is 0.714. The second-order valence-electron chi connectivity index (χ2n) is 7.75. The number of phosphoric ester groups is 2. The first-order valence-corrected chi connectivity index (χ1v) is 11.9. The normalized spacial score (nSPS) is 25.7. The van der Waals surface area contributed by atoms with E-state index in [0.29, 0.717) is 11.0 Å². The fourth-order valence-electron chi connectivity index (χ4n) is 2.49. The van der Waals surface area contributed by atoms with Crippen molar-refractivity contribution < 1.29 is 62.7 Å². The Hall–Kier alpha value is -0.300. The molecule has 6 atom stereocenters. The third-order valence-corrected chi connectivity index (χ3v) is 6.72.